The van der Waals surface area contributed by atoms with Crippen molar-refractivity contribution < 1.29 is 14.3 Å². The molecule has 1 aromatic heterocycles. The van der Waals surface area contributed by atoms with Gasteiger partial charge in [-0.2, -0.15) is 0 Å². The van der Waals surface area contributed by atoms with E-state index in [0.29, 0.717) is 23.5 Å². The monoisotopic (exact) mass is 449 g/mol. The van der Waals surface area contributed by atoms with Gasteiger partial charge in [-0.1, -0.05) is 38.1 Å². The number of nitrogens with one attached hydrogen (secondary N) is 2. The van der Waals surface area contributed by atoms with Crippen molar-refractivity contribution >= 4 is 45.9 Å². The Morgan fingerprint density at radius 3 is 2.72 bits per heavy atom. The van der Waals surface area contributed by atoms with Crippen molar-refractivity contribution in [3.05, 3.63) is 66.0 Å². The van der Waals surface area contributed by atoms with Crippen molar-refractivity contribution in [1.29, 1.82) is 0 Å². The van der Waals surface area contributed by atoms with E-state index >= 15 is 0 Å². The number of amides is 2. The van der Waals surface area contributed by atoms with Crippen LogP contribution in [0.3, 0.4) is 0 Å². The van der Waals surface area contributed by atoms with Crippen LogP contribution in [0.4, 0.5) is 10.5 Å². The lowest BCUT2D eigenvalue weighted by atomic mass is 9.82. The summed E-state index contributed by atoms with van der Waals surface area (Å²) in [6, 6.07) is 15.4. The largest absolute Gasteiger partial charge is 0.462 e. The van der Waals surface area contributed by atoms with E-state index in [9.17, 15) is 9.59 Å². The van der Waals surface area contributed by atoms with Crippen LogP contribution in [0, 0.1) is 0 Å². The fourth-order valence-corrected chi connectivity index (χ4v) is 4.67. The minimum Gasteiger partial charge on any atom is -0.462 e. The smallest absolute Gasteiger partial charge is 0.341 e. The number of fused-ring (bicyclic) bond motifs is 3. The van der Waals surface area contributed by atoms with E-state index in [-0.39, 0.29) is 12.6 Å². The molecule has 6 nitrogen and oxygen atoms in total. The molecule has 0 radical (unpaired) electrons. The van der Waals surface area contributed by atoms with Crippen molar-refractivity contribution in [2.24, 2.45) is 0 Å². The number of esters is 1. The quantitative estimate of drug-likeness (QED) is 0.400. The maximum absolute atomic E-state index is 13.3. The second-order valence-electron chi connectivity index (χ2n) is 8.36. The summed E-state index contributed by atoms with van der Waals surface area (Å²) < 4.78 is 5.35. The topological polar surface area (TPSA) is 74.4 Å². The molecule has 0 atom stereocenters. The summed E-state index contributed by atoms with van der Waals surface area (Å²) in [6.45, 7) is 6.60. The average molecular weight is 450 g/mol. The highest BCUT2D eigenvalue weighted by molar-refractivity contribution is 7.98. The minimum atomic E-state index is -0.458. The first kappa shape index (κ1) is 22.0. The number of nitrogens with zero attached hydrogens (tertiary/aromatic N) is 1. The molecule has 0 unspecified atom stereocenters. The van der Waals surface area contributed by atoms with Crippen molar-refractivity contribution in [2.45, 2.75) is 31.1 Å². The molecule has 0 saturated heterocycles. The zero-order valence-corrected chi connectivity index (χ0v) is 19.5. The van der Waals surface area contributed by atoms with E-state index in [0.717, 1.165) is 21.4 Å². The summed E-state index contributed by atoms with van der Waals surface area (Å²) in [6.07, 6.45) is 3.60. The highest BCUT2D eigenvalue weighted by Crippen LogP contribution is 2.40. The highest BCUT2D eigenvalue weighted by atomic mass is 32.2. The van der Waals surface area contributed by atoms with Crippen molar-refractivity contribution in [1.82, 2.24) is 9.88 Å². The summed E-state index contributed by atoms with van der Waals surface area (Å²) in [5.74, 6) is -0.458. The number of carbonyl (C=O) groups is 2. The van der Waals surface area contributed by atoms with Gasteiger partial charge in [0, 0.05) is 39.6 Å². The lowest BCUT2D eigenvalue weighted by molar-refractivity contribution is -0.136. The van der Waals surface area contributed by atoms with Gasteiger partial charge in [0.2, 0.25) is 0 Å². The molecular weight excluding hydrogens is 422 g/mol. The van der Waals surface area contributed by atoms with E-state index in [1.54, 1.807) is 29.8 Å². The number of para-hydroxylation sites is 1. The highest BCUT2D eigenvalue weighted by Gasteiger charge is 2.37. The number of ether oxygens (including phenoxy) is 1. The Labute approximate surface area is 192 Å². The number of aromatic nitrogens is 1. The molecule has 2 heterocycles. The summed E-state index contributed by atoms with van der Waals surface area (Å²) in [5, 5.41) is 4.01. The van der Waals surface area contributed by atoms with Crippen LogP contribution >= 0.6 is 11.8 Å². The minimum absolute atomic E-state index is 0.253. The lowest BCUT2D eigenvalue weighted by Crippen LogP contribution is -2.39. The van der Waals surface area contributed by atoms with Gasteiger partial charge in [0.05, 0.1) is 17.9 Å². The van der Waals surface area contributed by atoms with E-state index in [4.69, 9.17) is 4.74 Å². The van der Waals surface area contributed by atoms with Crippen molar-refractivity contribution in [3.8, 4) is 0 Å². The Hall–Kier alpha value is -3.19. The molecule has 0 fully saturated rings. The molecule has 3 aromatic rings. The second kappa shape index (κ2) is 8.74. The zero-order chi connectivity index (χ0) is 22.9. The zero-order valence-electron chi connectivity index (χ0n) is 18.7. The Morgan fingerprint density at radius 2 is 1.97 bits per heavy atom. The number of H-pyrrole nitrogens is 1. The number of benzene rings is 2. The van der Waals surface area contributed by atoms with E-state index in [1.807, 2.05) is 54.8 Å². The Bertz CT molecular complexity index is 1210. The summed E-state index contributed by atoms with van der Waals surface area (Å²) in [7, 11) is 0. The maximum atomic E-state index is 13.3. The molecule has 0 spiro atoms. The predicted octanol–water partition coefficient (Wildman–Crippen LogP) is 5.62. The maximum Gasteiger partial charge on any atom is 0.341 e. The van der Waals surface area contributed by atoms with Crippen LogP contribution in [0.15, 0.2) is 59.6 Å². The van der Waals surface area contributed by atoms with Gasteiger partial charge in [0.25, 0.3) is 0 Å². The van der Waals surface area contributed by atoms with E-state index in [1.165, 1.54) is 0 Å². The molecule has 7 heteroatoms. The molecule has 0 saturated carbocycles. The Morgan fingerprint density at radius 1 is 1.19 bits per heavy atom. The van der Waals surface area contributed by atoms with Crippen LogP contribution in [0.5, 0.6) is 0 Å². The molecule has 2 aromatic carbocycles. The van der Waals surface area contributed by atoms with Gasteiger partial charge in [-0.25, -0.2) is 9.59 Å². The number of anilines is 1. The van der Waals surface area contributed by atoms with E-state index in [2.05, 4.69) is 24.1 Å². The van der Waals surface area contributed by atoms with Gasteiger partial charge in [0.1, 0.15) is 0 Å². The number of hydrogen-bond acceptors (Lipinski definition) is 4. The van der Waals surface area contributed by atoms with Crippen LogP contribution in [0.2, 0.25) is 0 Å². The van der Waals surface area contributed by atoms with Crippen LogP contribution < -0.4 is 5.32 Å². The number of urea groups is 1. The molecular formula is C25H27N3O3S. The first-order chi connectivity index (χ1) is 15.3. The first-order valence-electron chi connectivity index (χ1n) is 10.6. The number of carbonyl (C=O) groups excluding carboxylic acids is 2. The van der Waals surface area contributed by atoms with Crippen LogP contribution in [0.25, 0.3) is 16.5 Å². The van der Waals surface area contributed by atoms with E-state index < -0.39 is 11.4 Å². The fourth-order valence-electron chi connectivity index (χ4n) is 4.21. The summed E-state index contributed by atoms with van der Waals surface area (Å²) >= 11 is 1.61. The van der Waals surface area contributed by atoms with Crippen LogP contribution in [0.1, 0.15) is 32.0 Å². The molecule has 0 bridgehead atoms. The summed E-state index contributed by atoms with van der Waals surface area (Å²) in [5.41, 5.74) is 3.29. The SMILES string of the molecule is CCOC(=O)C1=CN(C(=O)Nc2cccc(SC)c2)CC(C)(C)c2c1[nH]c1ccccc21. The summed E-state index contributed by atoms with van der Waals surface area (Å²) in [4.78, 5) is 32.2. The van der Waals surface area contributed by atoms with Crippen LogP contribution in [-0.4, -0.2) is 41.3 Å². The first-order valence-corrected chi connectivity index (χ1v) is 11.8. The molecule has 0 aliphatic carbocycles. The third kappa shape index (κ3) is 4.12. The van der Waals surface area contributed by atoms with Crippen molar-refractivity contribution in [2.75, 3.05) is 24.7 Å². The van der Waals surface area contributed by atoms with Crippen LogP contribution in [-0.2, 0) is 14.9 Å². The lowest BCUT2D eigenvalue weighted by Gasteiger charge is -2.29. The van der Waals surface area contributed by atoms with Gasteiger partial charge in [0.15, 0.2) is 0 Å². The predicted molar refractivity (Wildman–Crippen MR) is 130 cm³/mol. The molecule has 2 amide bonds. The number of aromatic amines is 1. The average Bonchev–Trinajstić information content (AvgIpc) is 3.11. The Balaban J connectivity index is 1.78. The molecule has 4 rings (SSSR count). The van der Waals surface area contributed by atoms with Gasteiger partial charge in [-0.15, -0.1) is 11.8 Å². The Kier molecular flexibility index (Phi) is 6.02. The fraction of sp³-hybridized carbons (Fsp3) is 0.280. The third-order valence-electron chi connectivity index (χ3n) is 5.58. The molecule has 166 valence electrons. The molecule has 32 heavy (non-hydrogen) atoms. The number of rotatable bonds is 4. The normalized spacial score (nSPS) is 15.0. The van der Waals surface area contributed by atoms with Gasteiger partial charge >= 0.3 is 12.0 Å². The van der Waals surface area contributed by atoms with Gasteiger partial charge in [-0.3, -0.25) is 4.90 Å². The second-order valence-corrected chi connectivity index (χ2v) is 9.24. The number of thioether (sulfide) groups is 1. The van der Waals surface area contributed by atoms with Gasteiger partial charge < -0.3 is 15.0 Å². The standard InChI is InChI=1S/C25H27N3O3S/c1-5-31-23(29)19-14-28(24(30)26-16-9-8-10-17(13-16)32-4)15-25(2,3)21-18-11-6-7-12-20(18)27-22(19)21/h6-14,27H,5,15H2,1-4H3,(H,26,30). The molecule has 1 aliphatic rings. The van der Waals surface area contributed by atoms with Gasteiger partial charge in [-0.05, 0) is 43.0 Å². The molecule has 1 aliphatic heterocycles. The van der Waals surface area contributed by atoms with Crippen molar-refractivity contribution in [3.63, 3.8) is 0 Å². The number of hydrogen-bond donors (Lipinski definition) is 2. The molecule has 2 N–H and O–H groups in total. The third-order valence-corrected chi connectivity index (χ3v) is 6.31.